The van der Waals surface area contributed by atoms with Gasteiger partial charge in [0.15, 0.2) is 17.3 Å². The first-order valence-electron chi connectivity index (χ1n) is 7.48. The van der Waals surface area contributed by atoms with Crippen LogP contribution >= 0.6 is 27.5 Å². The minimum absolute atomic E-state index is 0.0923. The Balaban J connectivity index is 2.15. The molecule has 0 N–H and O–H groups in total. The number of fused-ring (bicyclic) bond motifs is 1. The Labute approximate surface area is 156 Å². The van der Waals surface area contributed by atoms with Gasteiger partial charge in [0.05, 0.1) is 17.2 Å². The highest BCUT2D eigenvalue weighted by Crippen LogP contribution is 2.35. The van der Waals surface area contributed by atoms with E-state index in [-0.39, 0.29) is 22.9 Å². The number of ketones is 1. The summed E-state index contributed by atoms with van der Waals surface area (Å²) >= 11 is 9.74. The molecule has 0 heterocycles. The van der Waals surface area contributed by atoms with Crippen molar-refractivity contribution < 1.29 is 18.3 Å². The molecule has 0 spiro atoms. The van der Waals surface area contributed by atoms with E-state index in [0.29, 0.717) is 9.86 Å². The van der Waals surface area contributed by atoms with Crippen LogP contribution in [-0.4, -0.2) is 12.4 Å². The zero-order valence-electron chi connectivity index (χ0n) is 13.1. The molecule has 0 unspecified atom stereocenters. The molecule has 3 rings (SSSR count). The summed E-state index contributed by atoms with van der Waals surface area (Å²) in [5.41, 5.74) is -0.306. The van der Waals surface area contributed by atoms with E-state index in [1.54, 1.807) is 19.1 Å². The highest BCUT2D eigenvalue weighted by atomic mass is 79.9. The SMILES string of the molecule is CCOc1ccc(C(=O)c2cc(Br)c3ccccc3c2Cl)c(F)c1F. The van der Waals surface area contributed by atoms with Crippen LogP contribution in [0.25, 0.3) is 10.8 Å². The van der Waals surface area contributed by atoms with Crippen molar-refractivity contribution in [2.24, 2.45) is 0 Å². The molecule has 0 atom stereocenters. The number of halogens is 4. The molecular formula is C19H12BrClF2O2. The highest BCUT2D eigenvalue weighted by Gasteiger charge is 2.23. The largest absolute Gasteiger partial charge is 0.491 e. The van der Waals surface area contributed by atoms with Gasteiger partial charge in [0, 0.05) is 15.4 Å². The van der Waals surface area contributed by atoms with Gasteiger partial charge in [0.25, 0.3) is 0 Å². The van der Waals surface area contributed by atoms with Crippen LogP contribution in [0.15, 0.2) is 46.9 Å². The van der Waals surface area contributed by atoms with Crippen LogP contribution in [0.3, 0.4) is 0 Å². The van der Waals surface area contributed by atoms with Crippen molar-refractivity contribution >= 4 is 44.1 Å². The number of carbonyl (C=O) groups excluding carboxylic acids is 1. The average Bonchev–Trinajstić information content (AvgIpc) is 2.62. The Hall–Kier alpha value is -1.98. The Morgan fingerprint density at radius 3 is 2.44 bits per heavy atom. The summed E-state index contributed by atoms with van der Waals surface area (Å²) in [4.78, 5) is 12.8. The molecule has 0 aliphatic rings. The van der Waals surface area contributed by atoms with E-state index in [4.69, 9.17) is 16.3 Å². The van der Waals surface area contributed by atoms with Gasteiger partial charge < -0.3 is 4.74 Å². The lowest BCUT2D eigenvalue weighted by molar-refractivity contribution is 0.103. The van der Waals surface area contributed by atoms with E-state index in [1.807, 2.05) is 12.1 Å². The summed E-state index contributed by atoms with van der Waals surface area (Å²) in [6.45, 7) is 1.84. The molecule has 25 heavy (non-hydrogen) atoms. The van der Waals surface area contributed by atoms with Crippen LogP contribution in [0.2, 0.25) is 5.02 Å². The summed E-state index contributed by atoms with van der Waals surface area (Å²) < 4.78 is 34.0. The Bertz CT molecular complexity index is 989. The van der Waals surface area contributed by atoms with Crippen LogP contribution in [0.4, 0.5) is 8.78 Å². The second kappa shape index (κ2) is 7.10. The van der Waals surface area contributed by atoms with Gasteiger partial charge in [0.1, 0.15) is 0 Å². The number of ether oxygens (including phenoxy) is 1. The maximum absolute atomic E-state index is 14.3. The van der Waals surface area contributed by atoms with Gasteiger partial charge in [-0.15, -0.1) is 0 Å². The maximum Gasteiger partial charge on any atom is 0.201 e. The summed E-state index contributed by atoms with van der Waals surface area (Å²) in [5.74, 6) is -3.38. The molecule has 3 aromatic rings. The lowest BCUT2D eigenvalue weighted by atomic mass is 9.99. The molecule has 0 saturated carbocycles. The number of hydrogen-bond acceptors (Lipinski definition) is 2. The first-order chi connectivity index (χ1) is 12.0. The number of rotatable bonds is 4. The van der Waals surface area contributed by atoms with E-state index in [9.17, 15) is 13.6 Å². The van der Waals surface area contributed by atoms with Crippen molar-refractivity contribution in [3.63, 3.8) is 0 Å². The Kier molecular flexibility index (Phi) is 5.06. The van der Waals surface area contributed by atoms with Crippen LogP contribution in [0, 0.1) is 11.6 Å². The molecule has 0 amide bonds. The van der Waals surface area contributed by atoms with Crippen molar-refractivity contribution in [2.75, 3.05) is 6.61 Å². The molecule has 2 nitrogen and oxygen atoms in total. The molecule has 0 radical (unpaired) electrons. The first-order valence-corrected chi connectivity index (χ1v) is 8.65. The van der Waals surface area contributed by atoms with E-state index in [1.165, 1.54) is 18.2 Å². The summed E-state index contributed by atoms with van der Waals surface area (Å²) in [5, 5.41) is 1.66. The standard InChI is InChI=1S/C19H12BrClF2O2/c1-2-25-15-8-7-12(17(22)18(15)23)19(24)13-9-14(20)10-5-3-4-6-11(10)16(13)21/h3-9H,2H2,1H3. The monoisotopic (exact) mass is 424 g/mol. The zero-order chi connectivity index (χ0) is 18.1. The van der Waals surface area contributed by atoms with Gasteiger partial charge >= 0.3 is 0 Å². The molecule has 0 fully saturated rings. The average molecular weight is 426 g/mol. The fourth-order valence-corrected chi connectivity index (χ4v) is 3.46. The maximum atomic E-state index is 14.3. The van der Waals surface area contributed by atoms with Gasteiger partial charge in [0.2, 0.25) is 5.82 Å². The topological polar surface area (TPSA) is 26.3 Å². The predicted molar refractivity (Wildman–Crippen MR) is 97.6 cm³/mol. The molecule has 0 aromatic heterocycles. The second-order valence-corrected chi connectivity index (χ2v) is 6.50. The van der Waals surface area contributed by atoms with E-state index in [2.05, 4.69) is 15.9 Å². The Morgan fingerprint density at radius 1 is 1.08 bits per heavy atom. The minimum Gasteiger partial charge on any atom is -0.491 e. The highest BCUT2D eigenvalue weighted by molar-refractivity contribution is 9.10. The predicted octanol–water partition coefficient (Wildman–Crippen LogP) is 6.16. The normalized spacial score (nSPS) is 10.9. The smallest absolute Gasteiger partial charge is 0.201 e. The van der Waals surface area contributed by atoms with Crippen LogP contribution < -0.4 is 4.74 Å². The molecule has 0 aliphatic carbocycles. The van der Waals surface area contributed by atoms with Crippen LogP contribution in [0.5, 0.6) is 5.75 Å². The first kappa shape index (κ1) is 17.8. The molecular weight excluding hydrogens is 414 g/mol. The molecule has 6 heteroatoms. The summed E-state index contributed by atoms with van der Waals surface area (Å²) in [6.07, 6.45) is 0. The molecule has 0 aliphatic heterocycles. The van der Waals surface area contributed by atoms with Crippen molar-refractivity contribution in [3.8, 4) is 5.75 Å². The van der Waals surface area contributed by atoms with E-state index in [0.717, 1.165) is 5.39 Å². The third kappa shape index (κ3) is 3.14. The fourth-order valence-electron chi connectivity index (χ4n) is 2.58. The Morgan fingerprint density at radius 2 is 1.76 bits per heavy atom. The van der Waals surface area contributed by atoms with Crippen molar-refractivity contribution in [1.82, 2.24) is 0 Å². The number of carbonyl (C=O) groups is 1. The van der Waals surface area contributed by atoms with Crippen molar-refractivity contribution in [3.05, 3.63) is 74.7 Å². The third-order valence-electron chi connectivity index (χ3n) is 3.76. The summed E-state index contributed by atoms with van der Waals surface area (Å²) in [7, 11) is 0. The molecule has 0 saturated heterocycles. The second-order valence-electron chi connectivity index (χ2n) is 5.27. The number of hydrogen-bond donors (Lipinski definition) is 0. The van der Waals surface area contributed by atoms with Crippen molar-refractivity contribution in [2.45, 2.75) is 6.92 Å². The van der Waals surface area contributed by atoms with Gasteiger partial charge in [-0.05, 0) is 30.5 Å². The van der Waals surface area contributed by atoms with E-state index >= 15 is 0 Å². The molecule has 3 aromatic carbocycles. The van der Waals surface area contributed by atoms with Crippen LogP contribution in [-0.2, 0) is 0 Å². The lowest BCUT2D eigenvalue weighted by Gasteiger charge is -2.11. The van der Waals surface area contributed by atoms with Crippen molar-refractivity contribution in [1.29, 1.82) is 0 Å². The quantitative estimate of drug-likeness (QED) is 0.468. The van der Waals surface area contributed by atoms with Gasteiger partial charge in [-0.25, -0.2) is 4.39 Å². The van der Waals surface area contributed by atoms with Gasteiger partial charge in [-0.1, -0.05) is 51.8 Å². The fraction of sp³-hybridized carbons (Fsp3) is 0.105. The molecule has 0 bridgehead atoms. The number of benzene rings is 3. The molecule has 128 valence electrons. The summed E-state index contributed by atoms with van der Waals surface area (Å²) in [6, 6.07) is 11.2. The minimum atomic E-state index is -1.25. The van der Waals surface area contributed by atoms with E-state index < -0.39 is 23.0 Å². The zero-order valence-corrected chi connectivity index (χ0v) is 15.4. The lowest BCUT2D eigenvalue weighted by Crippen LogP contribution is -2.08. The van der Waals surface area contributed by atoms with Crippen LogP contribution in [0.1, 0.15) is 22.8 Å². The third-order valence-corrected chi connectivity index (χ3v) is 4.83. The van der Waals surface area contributed by atoms with Gasteiger partial charge in [-0.2, -0.15) is 4.39 Å². The van der Waals surface area contributed by atoms with Gasteiger partial charge in [-0.3, -0.25) is 4.79 Å².